The lowest BCUT2D eigenvalue weighted by molar-refractivity contribution is 0.0999. The fourth-order valence-electron chi connectivity index (χ4n) is 1.98. The number of primary amides is 1. The molecule has 0 radical (unpaired) electrons. The van der Waals surface area contributed by atoms with Crippen LogP contribution in [-0.2, 0) is 6.42 Å². The smallest absolute Gasteiger partial charge is 0.249 e. The van der Waals surface area contributed by atoms with Crippen LogP contribution in [0.3, 0.4) is 0 Å². The minimum Gasteiger partial charge on any atom is -0.493 e. The molecule has 86 valence electrons. The second kappa shape index (κ2) is 4.43. The molecule has 0 saturated carbocycles. The Hall–Kier alpha value is -1.71. The molecule has 0 fully saturated rings. The number of carbonyl (C=O) groups is 1. The average molecular weight is 221 g/mol. The fourth-order valence-corrected chi connectivity index (χ4v) is 1.98. The topological polar surface area (TPSA) is 61.5 Å². The van der Waals surface area contributed by atoms with Crippen molar-refractivity contribution >= 4 is 5.91 Å². The second-order valence-corrected chi connectivity index (χ2v) is 3.79. The Morgan fingerprint density at radius 3 is 2.94 bits per heavy atom. The minimum atomic E-state index is -0.413. The summed E-state index contributed by atoms with van der Waals surface area (Å²) >= 11 is 0. The molecular weight excluding hydrogens is 206 g/mol. The third-order valence-electron chi connectivity index (χ3n) is 2.78. The first-order valence-corrected chi connectivity index (χ1v) is 5.36. The summed E-state index contributed by atoms with van der Waals surface area (Å²) in [6, 6.07) is 3.43. The van der Waals surface area contributed by atoms with Gasteiger partial charge in [0.15, 0.2) is 11.5 Å². The van der Waals surface area contributed by atoms with Crippen molar-refractivity contribution in [2.45, 2.75) is 19.3 Å². The average Bonchev–Trinajstić information content (AvgIpc) is 2.52. The Balaban J connectivity index is 2.56. The van der Waals surface area contributed by atoms with E-state index in [0.717, 1.165) is 24.8 Å². The number of carbonyl (C=O) groups excluding carboxylic acids is 1. The maximum Gasteiger partial charge on any atom is 0.249 e. The highest BCUT2D eigenvalue weighted by Crippen LogP contribution is 2.36. The number of amides is 1. The van der Waals surface area contributed by atoms with Gasteiger partial charge in [0.2, 0.25) is 5.91 Å². The van der Waals surface area contributed by atoms with Gasteiger partial charge >= 0.3 is 0 Å². The van der Waals surface area contributed by atoms with Crippen LogP contribution in [0.15, 0.2) is 12.1 Å². The number of nitrogens with two attached hydrogens (primary N) is 1. The molecule has 0 spiro atoms. The van der Waals surface area contributed by atoms with E-state index in [1.54, 1.807) is 19.2 Å². The SMILES string of the molecule is COc1ccc(C(N)=O)c2c1OCCCC2. The molecule has 1 aromatic carbocycles. The molecule has 16 heavy (non-hydrogen) atoms. The van der Waals surface area contributed by atoms with Crippen LogP contribution < -0.4 is 15.2 Å². The van der Waals surface area contributed by atoms with Crippen molar-refractivity contribution in [1.29, 1.82) is 0 Å². The van der Waals surface area contributed by atoms with Gasteiger partial charge in [-0.3, -0.25) is 4.79 Å². The first-order chi connectivity index (χ1) is 7.74. The summed E-state index contributed by atoms with van der Waals surface area (Å²) in [5.41, 5.74) is 6.76. The van der Waals surface area contributed by atoms with Gasteiger partial charge in [0.1, 0.15) is 0 Å². The molecule has 0 aliphatic carbocycles. The normalized spacial score (nSPS) is 14.6. The van der Waals surface area contributed by atoms with Crippen molar-refractivity contribution in [2.75, 3.05) is 13.7 Å². The summed E-state index contributed by atoms with van der Waals surface area (Å²) in [5.74, 6) is 0.933. The highest BCUT2D eigenvalue weighted by Gasteiger charge is 2.20. The van der Waals surface area contributed by atoms with E-state index in [-0.39, 0.29) is 0 Å². The van der Waals surface area contributed by atoms with Gasteiger partial charge in [-0.2, -0.15) is 0 Å². The molecule has 0 atom stereocenters. The van der Waals surface area contributed by atoms with E-state index in [1.807, 2.05) is 0 Å². The molecule has 0 bridgehead atoms. The van der Waals surface area contributed by atoms with Gasteiger partial charge < -0.3 is 15.2 Å². The summed E-state index contributed by atoms with van der Waals surface area (Å²) in [4.78, 5) is 11.3. The Morgan fingerprint density at radius 1 is 1.44 bits per heavy atom. The predicted octanol–water partition coefficient (Wildman–Crippen LogP) is 1.51. The van der Waals surface area contributed by atoms with Crippen molar-refractivity contribution in [2.24, 2.45) is 5.73 Å². The van der Waals surface area contributed by atoms with Gasteiger partial charge in [0, 0.05) is 11.1 Å². The molecule has 2 rings (SSSR count). The Morgan fingerprint density at radius 2 is 2.25 bits per heavy atom. The monoisotopic (exact) mass is 221 g/mol. The van der Waals surface area contributed by atoms with Crippen LogP contribution in [0.2, 0.25) is 0 Å². The Labute approximate surface area is 94.3 Å². The Kier molecular flexibility index (Phi) is 2.99. The number of benzene rings is 1. The minimum absolute atomic E-state index is 0.413. The van der Waals surface area contributed by atoms with Crippen LogP contribution in [0.25, 0.3) is 0 Å². The molecule has 0 saturated heterocycles. The highest BCUT2D eigenvalue weighted by atomic mass is 16.5. The maximum absolute atomic E-state index is 11.3. The van der Waals surface area contributed by atoms with Crippen LogP contribution >= 0.6 is 0 Å². The number of ether oxygens (including phenoxy) is 2. The molecule has 4 heteroatoms. The number of hydrogen-bond donors (Lipinski definition) is 1. The molecule has 1 aliphatic rings. The molecule has 0 aromatic heterocycles. The van der Waals surface area contributed by atoms with Crippen molar-refractivity contribution in [3.05, 3.63) is 23.3 Å². The van der Waals surface area contributed by atoms with Gasteiger partial charge in [0.25, 0.3) is 0 Å². The predicted molar refractivity (Wildman–Crippen MR) is 59.9 cm³/mol. The molecule has 1 amide bonds. The molecule has 4 nitrogen and oxygen atoms in total. The van der Waals surface area contributed by atoms with E-state index in [2.05, 4.69) is 0 Å². The van der Waals surface area contributed by atoms with E-state index in [0.29, 0.717) is 23.7 Å². The standard InChI is InChI=1S/C12H15NO3/c1-15-10-6-5-9(12(13)14)8-4-2-3-7-16-11(8)10/h5-6H,2-4,7H2,1H3,(H2,13,14). The second-order valence-electron chi connectivity index (χ2n) is 3.79. The lowest BCUT2D eigenvalue weighted by Crippen LogP contribution is -2.14. The molecule has 1 heterocycles. The van der Waals surface area contributed by atoms with E-state index >= 15 is 0 Å². The lowest BCUT2D eigenvalue weighted by Gasteiger charge is -2.14. The van der Waals surface area contributed by atoms with Gasteiger partial charge in [-0.15, -0.1) is 0 Å². The number of hydrogen-bond acceptors (Lipinski definition) is 3. The molecular formula is C12H15NO3. The zero-order chi connectivity index (χ0) is 11.5. The van der Waals surface area contributed by atoms with Crippen molar-refractivity contribution < 1.29 is 14.3 Å². The lowest BCUT2D eigenvalue weighted by atomic mass is 10.0. The third kappa shape index (κ3) is 1.83. The van der Waals surface area contributed by atoms with Crippen LogP contribution in [0.4, 0.5) is 0 Å². The maximum atomic E-state index is 11.3. The van der Waals surface area contributed by atoms with Crippen LogP contribution in [0, 0.1) is 0 Å². The Bertz CT molecular complexity index is 415. The van der Waals surface area contributed by atoms with E-state index < -0.39 is 5.91 Å². The summed E-state index contributed by atoms with van der Waals surface area (Å²) in [5, 5.41) is 0. The first-order valence-electron chi connectivity index (χ1n) is 5.36. The molecule has 1 aromatic rings. The van der Waals surface area contributed by atoms with Gasteiger partial charge in [0.05, 0.1) is 13.7 Å². The number of rotatable bonds is 2. The first kappa shape index (κ1) is 10.8. The largest absolute Gasteiger partial charge is 0.493 e. The van der Waals surface area contributed by atoms with Crippen molar-refractivity contribution in [3.8, 4) is 11.5 Å². The third-order valence-corrected chi connectivity index (χ3v) is 2.78. The van der Waals surface area contributed by atoms with E-state index in [4.69, 9.17) is 15.2 Å². The zero-order valence-electron chi connectivity index (χ0n) is 9.29. The zero-order valence-corrected chi connectivity index (χ0v) is 9.29. The summed E-state index contributed by atoms with van der Waals surface area (Å²) in [6.45, 7) is 0.658. The van der Waals surface area contributed by atoms with E-state index in [9.17, 15) is 4.79 Å². The van der Waals surface area contributed by atoms with Crippen LogP contribution in [0.5, 0.6) is 11.5 Å². The summed E-state index contributed by atoms with van der Waals surface area (Å²) < 4.78 is 10.9. The van der Waals surface area contributed by atoms with Gasteiger partial charge in [-0.1, -0.05) is 0 Å². The highest BCUT2D eigenvalue weighted by molar-refractivity contribution is 5.95. The van der Waals surface area contributed by atoms with Gasteiger partial charge in [-0.25, -0.2) is 0 Å². The van der Waals surface area contributed by atoms with Crippen molar-refractivity contribution in [3.63, 3.8) is 0 Å². The van der Waals surface area contributed by atoms with Crippen LogP contribution in [-0.4, -0.2) is 19.6 Å². The number of fused-ring (bicyclic) bond motifs is 1. The molecule has 0 unspecified atom stereocenters. The van der Waals surface area contributed by atoms with Gasteiger partial charge in [-0.05, 0) is 31.4 Å². The quantitative estimate of drug-likeness (QED) is 0.823. The summed E-state index contributed by atoms with van der Waals surface area (Å²) in [7, 11) is 1.59. The fraction of sp³-hybridized carbons (Fsp3) is 0.417. The van der Waals surface area contributed by atoms with Crippen molar-refractivity contribution in [1.82, 2.24) is 0 Å². The number of methoxy groups -OCH3 is 1. The van der Waals surface area contributed by atoms with Crippen LogP contribution in [0.1, 0.15) is 28.8 Å². The van der Waals surface area contributed by atoms with E-state index in [1.165, 1.54) is 0 Å². The molecule has 1 aliphatic heterocycles. The molecule has 2 N–H and O–H groups in total. The summed E-state index contributed by atoms with van der Waals surface area (Å²) in [6.07, 6.45) is 2.79.